The van der Waals surface area contributed by atoms with E-state index in [1.54, 1.807) is 24.4 Å². The number of pyridine rings is 1. The Hall–Kier alpha value is -5.84. The van der Waals surface area contributed by atoms with Crippen molar-refractivity contribution in [1.29, 1.82) is 0 Å². The lowest BCUT2D eigenvalue weighted by Gasteiger charge is -2.49. The number of thioether (sulfide) groups is 1. The molecule has 16 heteroatoms. The fourth-order valence-corrected chi connectivity index (χ4v) is 10.0. The summed E-state index contributed by atoms with van der Waals surface area (Å²) in [4.78, 5) is 51.6. The zero-order valence-corrected chi connectivity index (χ0v) is 31.7. The van der Waals surface area contributed by atoms with Gasteiger partial charge in [-0.3, -0.25) is 18.7 Å². The number of amides is 2. The summed E-state index contributed by atoms with van der Waals surface area (Å²) in [5.41, 5.74) is 1.97. The molecule has 0 spiro atoms. The maximum absolute atomic E-state index is 13.9. The van der Waals surface area contributed by atoms with E-state index >= 15 is 0 Å². The summed E-state index contributed by atoms with van der Waals surface area (Å²) in [6, 6.07) is 31.7. The number of fused-ring (bicyclic) bond motifs is 1. The van der Waals surface area contributed by atoms with Crippen LogP contribution in [0.5, 0.6) is 0 Å². The average Bonchev–Trinajstić information content (AvgIpc) is 3.67. The summed E-state index contributed by atoms with van der Waals surface area (Å²) >= 11 is 2.51. The van der Waals surface area contributed by atoms with Crippen molar-refractivity contribution in [3.05, 3.63) is 160 Å². The first-order chi connectivity index (χ1) is 26.7. The second kappa shape index (κ2) is 16.3. The molecule has 0 radical (unpaired) electrons. The number of hydrogen-bond acceptors (Lipinski definition) is 11. The van der Waals surface area contributed by atoms with Crippen molar-refractivity contribution in [2.45, 2.75) is 28.8 Å². The molecule has 280 valence electrons. The zero-order valence-electron chi connectivity index (χ0n) is 29.2. The second-order valence-corrected chi connectivity index (χ2v) is 15.8. The number of benzene rings is 3. The summed E-state index contributed by atoms with van der Waals surface area (Å²) in [6.07, 6.45) is 2.63. The summed E-state index contributed by atoms with van der Waals surface area (Å²) < 4.78 is 14.2. The molecule has 1 saturated heterocycles. The van der Waals surface area contributed by atoms with E-state index < -0.39 is 45.5 Å². The highest BCUT2D eigenvalue weighted by Crippen LogP contribution is 2.41. The molecule has 2 aromatic heterocycles. The van der Waals surface area contributed by atoms with Gasteiger partial charge in [-0.1, -0.05) is 96.2 Å². The third-order valence-corrected chi connectivity index (χ3v) is 12.6. The highest BCUT2D eigenvalue weighted by molar-refractivity contribution is 7.99. The Labute approximate surface area is 326 Å². The summed E-state index contributed by atoms with van der Waals surface area (Å²) in [5.74, 6) is -2.85. The van der Waals surface area contributed by atoms with E-state index in [2.05, 4.69) is 15.8 Å². The molecule has 7 rings (SSSR count). The number of carbonyl (C=O) groups excluding carboxylic acids is 2. The van der Waals surface area contributed by atoms with E-state index in [9.17, 15) is 28.9 Å². The van der Waals surface area contributed by atoms with Crippen molar-refractivity contribution >= 4 is 62.5 Å². The van der Waals surface area contributed by atoms with Crippen molar-refractivity contribution in [2.75, 3.05) is 23.4 Å². The Balaban J connectivity index is 1.15. The summed E-state index contributed by atoms with van der Waals surface area (Å²) in [7, 11) is -1.74. The Morgan fingerprint density at radius 1 is 1.02 bits per heavy atom. The largest absolute Gasteiger partial charge is 0.619 e. The number of anilines is 1. The number of rotatable bonds is 14. The number of aliphatic carboxylic acids is 1. The maximum atomic E-state index is 13.9. The Bertz CT molecular complexity index is 2190. The molecule has 0 saturated carbocycles. The number of β-lactam (4-membered cyclic amide) rings is 1. The highest BCUT2D eigenvalue weighted by Gasteiger charge is 2.57. The number of hydrogen-bond donors (Lipinski definition) is 3. The van der Waals surface area contributed by atoms with Crippen molar-refractivity contribution in [3.8, 4) is 0 Å². The first-order valence-electron chi connectivity index (χ1n) is 17.1. The molecule has 55 heavy (non-hydrogen) atoms. The van der Waals surface area contributed by atoms with Crippen LogP contribution in [-0.4, -0.2) is 72.2 Å². The molecule has 2 aliphatic rings. The molecule has 1 fully saturated rings. The minimum Gasteiger partial charge on any atom is -0.619 e. The van der Waals surface area contributed by atoms with E-state index in [4.69, 9.17) is 9.82 Å². The van der Waals surface area contributed by atoms with E-state index in [1.165, 1.54) is 35.5 Å². The number of carbonyl (C=O) groups is 3. The third kappa shape index (κ3) is 7.48. The molecule has 13 nitrogen and oxygen atoms in total. The molecule has 0 bridgehead atoms. The SMILES string of the molecule is CCO/N=C(\C(=O)N[C@@H]1C(=O)N2C(C(=O)O)=C(CSc3cc[n+]([O-])cc3)CS(=O)[C@H]12)c1csc(NC(c2ccccc2)(c2ccccc2)c2ccccc2)n1. The van der Waals surface area contributed by atoms with Crippen LogP contribution >= 0.6 is 23.1 Å². The number of carboxylic acids is 1. The molecule has 5 aromatic rings. The van der Waals surface area contributed by atoms with Gasteiger partial charge in [0, 0.05) is 28.2 Å². The van der Waals surface area contributed by atoms with Crippen LogP contribution in [0.25, 0.3) is 0 Å². The smallest absolute Gasteiger partial charge is 0.352 e. The first-order valence-corrected chi connectivity index (χ1v) is 20.3. The first kappa shape index (κ1) is 37.5. The van der Waals surface area contributed by atoms with Crippen LogP contribution in [-0.2, 0) is 35.6 Å². The van der Waals surface area contributed by atoms with E-state index in [-0.39, 0.29) is 35.2 Å². The number of aromatic nitrogens is 2. The topological polar surface area (TPSA) is 177 Å². The van der Waals surface area contributed by atoms with Crippen molar-refractivity contribution < 1.29 is 33.3 Å². The van der Waals surface area contributed by atoms with Crippen LogP contribution in [0, 0.1) is 5.21 Å². The van der Waals surface area contributed by atoms with Gasteiger partial charge in [-0.25, -0.2) is 9.78 Å². The zero-order chi connectivity index (χ0) is 38.5. The minimum atomic E-state index is -1.74. The molecule has 2 aliphatic heterocycles. The van der Waals surface area contributed by atoms with Gasteiger partial charge >= 0.3 is 5.97 Å². The molecule has 0 aliphatic carbocycles. The fraction of sp³-hybridized carbons (Fsp3) is 0.179. The molecule has 3 atom stereocenters. The maximum Gasteiger partial charge on any atom is 0.352 e. The predicted octanol–water partition coefficient (Wildman–Crippen LogP) is 4.47. The Kier molecular flexibility index (Phi) is 11.1. The standard InChI is InChI=1S/C39H34N6O7S3/c1-2-52-43-31(34(46)41-32-35(47)45-33(37(48)49)25(24-55(51)36(32)45)22-53-29-18-20-44(50)21-19-29)30-23-54-38(40-30)42-39(26-12-6-3-7-13-26,27-14-8-4-9-15-27)28-16-10-5-11-17-28/h3-21,23,32,36H,2,22,24H2,1H3,(H,40,42)(H,41,46)(H,48,49)/b43-31-/t32-,36-,55?/m1/s1. The van der Waals surface area contributed by atoms with Gasteiger partial charge in [-0.15, -0.1) is 23.1 Å². The third-order valence-electron chi connectivity index (χ3n) is 9.04. The lowest BCUT2D eigenvalue weighted by Crippen LogP contribution is -2.74. The quantitative estimate of drug-likeness (QED) is 0.0277. The Morgan fingerprint density at radius 3 is 2.15 bits per heavy atom. The van der Waals surface area contributed by atoms with Crippen molar-refractivity contribution in [3.63, 3.8) is 0 Å². The van der Waals surface area contributed by atoms with Gasteiger partial charge in [-0.2, -0.15) is 4.73 Å². The van der Waals surface area contributed by atoms with Crippen LogP contribution in [0.4, 0.5) is 5.13 Å². The van der Waals surface area contributed by atoms with Gasteiger partial charge < -0.3 is 25.8 Å². The van der Waals surface area contributed by atoms with Gasteiger partial charge in [0.05, 0.1) is 16.6 Å². The number of nitrogens with zero attached hydrogens (tertiary/aromatic N) is 4. The van der Waals surface area contributed by atoms with Crippen LogP contribution in [0.2, 0.25) is 0 Å². The van der Waals surface area contributed by atoms with E-state index in [1.807, 2.05) is 91.0 Å². The number of carboxylic acid groups (broad SMARTS) is 1. The molecule has 3 N–H and O–H groups in total. The van der Waals surface area contributed by atoms with Crippen molar-refractivity contribution in [1.82, 2.24) is 15.2 Å². The lowest BCUT2D eigenvalue weighted by molar-refractivity contribution is -0.605. The molecule has 2 amide bonds. The predicted molar refractivity (Wildman–Crippen MR) is 209 cm³/mol. The van der Waals surface area contributed by atoms with E-state index in [0.29, 0.717) is 20.3 Å². The molecule has 3 aromatic carbocycles. The lowest BCUT2D eigenvalue weighted by atomic mass is 9.77. The molecule has 1 unspecified atom stereocenters. The normalized spacial score (nSPS) is 18.3. The number of nitrogens with one attached hydrogen (secondary N) is 2. The average molecular weight is 795 g/mol. The van der Waals surface area contributed by atoms with Crippen molar-refractivity contribution in [2.24, 2.45) is 5.16 Å². The van der Waals surface area contributed by atoms with Gasteiger partial charge in [0.15, 0.2) is 23.2 Å². The summed E-state index contributed by atoms with van der Waals surface area (Å²) in [5, 5.41) is 32.9. The van der Waals surface area contributed by atoms with Crippen LogP contribution in [0.1, 0.15) is 29.3 Å². The minimum absolute atomic E-state index is 0.114. The molecule has 4 heterocycles. The fourth-order valence-electron chi connectivity index (χ4n) is 6.55. The van der Waals surface area contributed by atoms with Gasteiger partial charge in [0.1, 0.15) is 35.0 Å². The van der Waals surface area contributed by atoms with Gasteiger partial charge in [0.2, 0.25) is 0 Å². The van der Waals surface area contributed by atoms with Gasteiger partial charge in [0.25, 0.3) is 11.8 Å². The molecular weight excluding hydrogens is 761 g/mol. The van der Waals surface area contributed by atoms with Crippen LogP contribution < -0.4 is 15.4 Å². The van der Waals surface area contributed by atoms with Crippen LogP contribution in [0.3, 0.4) is 0 Å². The second-order valence-electron chi connectivity index (χ2n) is 12.4. The van der Waals surface area contributed by atoms with Crippen LogP contribution in [0.15, 0.2) is 142 Å². The van der Waals surface area contributed by atoms with E-state index in [0.717, 1.165) is 21.6 Å². The number of oxime groups is 1. The van der Waals surface area contributed by atoms with Gasteiger partial charge in [-0.05, 0) is 29.2 Å². The highest BCUT2D eigenvalue weighted by atomic mass is 32.2. The summed E-state index contributed by atoms with van der Waals surface area (Å²) in [6.45, 7) is 1.84. The number of thiazole rings is 1. The monoisotopic (exact) mass is 794 g/mol. The Morgan fingerprint density at radius 2 is 1.60 bits per heavy atom. The molecular formula is C39H34N6O7S3.